The fourth-order valence-electron chi connectivity index (χ4n) is 1.08. The van der Waals surface area contributed by atoms with E-state index in [0.717, 1.165) is 12.8 Å². The van der Waals surface area contributed by atoms with Gasteiger partial charge in [-0.3, -0.25) is 4.79 Å². The van der Waals surface area contributed by atoms with Gasteiger partial charge in [-0.1, -0.05) is 30.2 Å². The maximum Gasteiger partial charge on any atom is 0.233 e. The van der Waals surface area contributed by atoms with Gasteiger partial charge < -0.3 is 10.1 Å². The Morgan fingerprint density at radius 1 is 1.58 bits per heavy atom. The first kappa shape index (κ1) is 18.0. The molecule has 0 saturated carbocycles. The summed E-state index contributed by atoms with van der Waals surface area (Å²) in [5.41, 5.74) is 8.09. The van der Waals surface area contributed by atoms with E-state index in [4.69, 9.17) is 22.5 Å². The Morgan fingerprint density at radius 2 is 2.32 bits per heavy atom. The molecule has 0 bridgehead atoms. The fourth-order valence-corrected chi connectivity index (χ4v) is 2.23. The summed E-state index contributed by atoms with van der Waals surface area (Å²) in [6.07, 6.45) is 2.64. The monoisotopic (exact) mass is 304 g/mol. The minimum Gasteiger partial charge on any atom is -0.479 e. The molecule has 1 atom stereocenters. The molecule has 8 heteroatoms. The molecule has 0 heterocycles. The van der Waals surface area contributed by atoms with Crippen LogP contribution in [0.25, 0.3) is 10.4 Å². The van der Waals surface area contributed by atoms with Gasteiger partial charge >= 0.3 is 0 Å². The summed E-state index contributed by atoms with van der Waals surface area (Å²) < 4.78 is 5.73. The van der Waals surface area contributed by atoms with E-state index in [1.165, 1.54) is 11.8 Å². The molecule has 0 saturated heterocycles. The normalized spacial score (nSPS) is 11.3. The molecule has 1 unspecified atom stereocenters. The van der Waals surface area contributed by atoms with Crippen molar-refractivity contribution in [3.63, 3.8) is 0 Å². The van der Waals surface area contributed by atoms with Crippen molar-refractivity contribution in [1.29, 1.82) is 0 Å². The summed E-state index contributed by atoms with van der Waals surface area (Å²) in [5, 5.41) is 5.86. The highest BCUT2D eigenvalue weighted by molar-refractivity contribution is 8.23. The number of hydrogen-bond donors (Lipinski definition) is 1. The molecule has 0 fully saturated rings. The SMILES string of the molecule is CCCCOC(=S)SC(C)C(=O)NCCCN=[N+]=[N-]. The van der Waals surface area contributed by atoms with Gasteiger partial charge in [0, 0.05) is 18.0 Å². The molecule has 108 valence electrons. The number of carbonyl (C=O) groups excluding carboxylic acids is 1. The highest BCUT2D eigenvalue weighted by Crippen LogP contribution is 2.14. The smallest absolute Gasteiger partial charge is 0.233 e. The average Bonchev–Trinajstić information content (AvgIpc) is 2.38. The van der Waals surface area contributed by atoms with Crippen LogP contribution in [0.1, 0.15) is 33.1 Å². The topological polar surface area (TPSA) is 87.1 Å². The number of hydrogen-bond acceptors (Lipinski definition) is 5. The molecular formula is C11H20N4O2S2. The van der Waals surface area contributed by atoms with Gasteiger partial charge in [-0.2, -0.15) is 0 Å². The van der Waals surface area contributed by atoms with Crippen molar-refractivity contribution < 1.29 is 9.53 Å². The van der Waals surface area contributed by atoms with Crippen LogP contribution in [0.15, 0.2) is 5.11 Å². The summed E-state index contributed by atoms with van der Waals surface area (Å²) >= 11 is 6.28. The molecular weight excluding hydrogens is 284 g/mol. The van der Waals surface area contributed by atoms with Crippen molar-refractivity contribution in [2.24, 2.45) is 5.11 Å². The Bertz CT molecular complexity index is 333. The van der Waals surface area contributed by atoms with E-state index in [0.29, 0.717) is 30.5 Å². The van der Waals surface area contributed by atoms with Crippen LogP contribution in [0, 0.1) is 0 Å². The fraction of sp³-hybridized carbons (Fsp3) is 0.818. The van der Waals surface area contributed by atoms with Gasteiger partial charge in [-0.05, 0) is 37.5 Å². The number of nitrogens with zero attached hydrogens (tertiary/aromatic N) is 3. The lowest BCUT2D eigenvalue weighted by Gasteiger charge is -2.12. The molecule has 0 aromatic rings. The zero-order chi connectivity index (χ0) is 14.5. The van der Waals surface area contributed by atoms with Crippen LogP contribution in [-0.4, -0.2) is 35.2 Å². The average molecular weight is 304 g/mol. The third-order valence-electron chi connectivity index (χ3n) is 2.16. The lowest BCUT2D eigenvalue weighted by Crippen LogP contribution is -2.32. The van der Waals surface area contributed by atoms with E-state index < -0.39 is 0 Å². The molecule has 1 amide bonds. The molecule has 19 heavy (non-hydrogen) atoms. The Morgan fingerprint density at radius 3 is 2.95 bits per heavy atom. The van der Waals surface area contributed by atoms with Gasteiger partial charge in [0.25, 0.3) is 0 Å². The summed E-state index contributed by atoms with van der Waals surface area (Å²) in [4.78, 5) is 14.3. The number of ether oxygens (including phenoxy) is 1. The molecule has 0 aliphatic rings. The summed E-state index contributed by atoms with van der Waals surface area (Å²) in [5.74, 6) is -0.0904. The second-order valence-electron chi connectivity index (χ2n) is 3.81. The molecule has 0 aliphatic heterocycles. The van der Waals surface area contributed by atoms with E-state index in [2.05, 4.69) is 22.3 Å². The third kappa shape index (κ3) is 10.6. The van der Waals surface area contributed by atoms with Crippen molar-refractivity contribution in [2.75, 3.05) is 19.7 Å². The molecule has 6 nitrogen and oxygen atoms in total. The van der Waals surface area contributed by atoms with Gasteiger partial charge in [0.2, 0.25) is 10.3 Å². The second kappa shape index (κ2) is 12.1. The maximum atomic E-state index is 11.7. The summed E-state index contributed by atoms with van der Waals surface area (Å²) in [6.45, 7) is 5.33. The molecule has 0 aliphatic carbocycles. The number of thioether (sulfide) groups is 1. The first-order chi connectivity index (χ1) is 9.11. The van der Waals surface area contributed by atoms with Gasteiger partial charge in [-0.15, -0.1) is 0 Å². The lowest BCUT2D eigenvalue weighted by atomic mass is 10.4. The Labute approximate surface area is 123 Å². The largest absolute Gasteiger partial charge is 0.479 e. The van der Waals surface area contributed by atoms with Crippen molar-refractivity contribution in [1.82, 2.24) is 5.32 Å². The zero-order valence-corrected chi connectivity index (χ0v) is 12.9. The highest BCUT2D eigenvalue weighted by atomic mass is 32.2. The predicted molar refractivity (Wildman–Crippen MR) is 82.2 cm³/mol. The van der Waals surface area contributed by atoms with E-state index in [1.807, 2.05) is 0 Å². The van der Waals surface area contributed by atoms with Crippen molar-refractivity contribution >= 4 is 34.3 Å². The lowest BCUT2D eigenvalue weighted by molar-refractivity contribution is -0.120. The first-order valence-corrected chi connectivity index (χ1v) is 7.52. The summed E-state index contributed by atoms with van der Waals surface area (Å²) in [6, 6.07) is 0. The number of thiocarbonyl (C=S) groups is 1. The van der Waals surface area contributed by atoms with Crippen molar-refractivity contribution in [3.05, 3.63) is 10.4 Å². The van der Waals surface area contributed by atoms with E-state index in [-0.39, 0.29) is 11.2 Å². The second-order valence-corrected chi connectivity index (χ2v) is 5.75. The van der Waals surface area contributed by atoms with Crippen molar-refractivity contribution in [3.8, 4) is 0 Å². The molecule has 1 N–H and O–H groups in total. The minimum atomic E-state index is -0.284. The summed E-state index contributed by atoms with van der Waals surface area (Å²) in [7, 11) is 0. The maximum absolute atomic E-state index is 11.7. The standard InChI is InChI=1S/C11H20N4O2S2/c1-3-4-8-17-11(18)19-9(2)10(16)13-6-5-7-14-15-12/h9H,3-8H2,1-2H3,(H,13,16). The van der Waals surface area contributed by atoms with E-state index >= 15 is 0 Å². The quantitative estimate of drug-likeness (QED) is 0.233. The van der Waals surface area contributed by atoms with Crippen LogP contribution in [0.5, 0.6) is 0 Å². The Balaban J connectivity index is 3.73. The third-order valence-corrected chi connectivity index (χ3v) is 3.44. The van der Waals surface area contributed by atoms with E-state index in [9.17, 15) is 4.79 Å². The molecule has 0 radical (unpaired) electrons. The van der Waals surface area contributed by atoms with Crippen LogP contribution in [0.4, 0.5) is 0 Å². The molecule has 0 rings (SSSR count). The van der Waals surface area contributed by atoms with E-state index in [1.54, 1.807) is 6.92 Å². The number of nitrogens with one attached hydrogen (secondary N) is 1. The van der Waals surface area contributed by atoms with Crippen LogP contribution in [0.2, 0.25) is 0 Å². The predicted octanol–water partition coefficient (Wildman–Crippen LogP) is 3.03. The van der Waals surface area contributed by atoms with Crippen molar-refractivity contribution in [2.45, 2.75) is 38.4 Å². The minimum absolute atomic E-state index is 0.0904. The van der Waals surface area contributed by atoms with Crippen LogP contribution in [0.3, 0.4) is 0 Å². The Hall–Kier alpha value is -0.980. The van der Waals surface area contributed by atoms with Crippen LogP contribution >= 0.6 is 24.0 Å². The number of azide groups is 1. The number of rotatable bonds is 9. The van der Waals surface area contributed by atoms with Gasteiger partial charge in [0.15, 0.2) is 0 Å². The first-order valence-electron chi connectivity index (χ1n) is 6.23. The highest BCUT2D eigenvalue weighted by Gasteiger charge is 2.15. The zero-order valence-electron chi connectivity index (χ0n) is 11.3. The molecule has 0 aromatic carbocycles. The van der Waals surface area contributed by atoms with Crippen LogP contribution in [-0.2, 0) is 9.53 Å². The number of unbranched alkanes of at least 4 members (excludes halogenated alkanes) is 1. The Kier molecular flexibility index (Phi) is 11.5. The number of amides is 1. The van der Waals surface area contributed by atoms with Gasteiger partial charge in [-0.25, -0.2) is 0 Å². The van der Waals surface area contributed by atoms with Gasteiger partial charge in [0.1, 0.15) is 0 Å². The molecule has 0 spiro atoms. The van der Waals surface area contributed by atoms with Gasteiger partial charge in [0.05, 0.1) is 11.9 Å². The number of carbonyl (C=O) groups is 1. The van der Waals surface area contributed by atoms with Crippen LogP contribution < -0.4 is 5.32 Å². The molecule has 0 aromatic heterocycles.